The summed E-state index contributed by atoms with van der Waals surface area (Å²) in [7, 11) is 0. The average molecular weight is 1250 g/mol. The molecule has 0 atom stereocenters. The molecule has 0 N–H and O–H groups in total. The molecule has 0 amide bonds. The van der Waals surface area contributed by atoms with Crippen LogP contribution in [0.15, 0.2) is 321 Å². The fourth-order valence-electron chi connectivity index (χ4n) is 15.1. The lowest BCUT2D eigenvalue weighted by Crippen LogP contribution is -1.94. The molecule has 9 nitrogen and oxygen atoms in total. The van der Waals surface area contributed by atoms with Gasteiger partial charge >= 0.3 is 0 Å². The Bertz CT molecular complexity index is 6710. The number of fused-ring (bicyclic) bond motifs is 18. The molecule has 0 unspecified atom stereocenters. The van der Waals surface area contributed by atoms with Crippen LogP contribution in [0.3, 0.4) is 0 Å². The van der Waals surface area contributed by atoms with Gasteiger partial charge in [0.15, 0.2) is 11.2 Å². The number of furan rings is 1. The Labute approximate surface area is 552 Å². The monoisotopic (exact) mass is 1240 g/mol. The third kappa shape index (κ3) is 8.29. The summed E-state index contributed by atoms with van der Waals surface area (Å²) in [5, 5.41) is 12.1. The molecule has 448 valence electrons. The SMILES string of the molecule is c1ccc(-n2c3ccccc3c3cc(-c4ccc5c(c4)c4ccccc4n5-c4ccc(-c5cccc6c5sc5cncnc56)cc4)ccc32)cc1.c1ccc(-n2c3ccccc3c3cc(-c4ccc5c(c4)c4ccccc4n5-c4cccc5c4oc4cncnc45)ccc32)cc1. The number of aromatic nitrogens is 8. The van der Waals surface area contributed by atoms with E-state index in [1.165, 1.54) is 125 Å². The molecule has 0 saturated carbocycles. The Kier molecular flexibility index (Phi) is 12.0. The van der Waals surface area contributed by atoms with E-state index in [-0.39, 0.29) is 0 Å². The number of thiophene rings is 1. The third-order valence-electron chi connectivity index (χ3n) is 19.4. The maximum atomic E-state index is 6.36. The van der Waals surface area contributed by atoms with Gasteiger partial charge in [0, 0.05) is 81.8 Å². The van der Waals surface area contributed by atoms with Gasteiger partial charge in [-0.2, -0.15) is 0 Å². The van der Waals surface area contributed by atoms with Crippen molar-refractivity contribution in [3.63, 3.8) is 0 Å². The molecule has 0 radical (unpaired) electrons. The standard InChI is InChI=1S/C46H28N4S.C40H24N4O/c1-2-9-32(10-3-1)49-40-15-6-4-11-35(40)38-25-30(19-23-42(38)49)31-20-24-43-39(26-31)36-12-5-7-16-41(36)50(43)33-21-17-29(18-22-33)34-13-8-14-37-45-44(51-46(34)37)27-47-28-48-45;1-2-9-27(10-3-1)43-33-14-6-4-11-28(33)31-21-25(17-19-35(31)43)26-18-20-36-32(22-26)29-12-5-7-15-34(29)44(36)37-16-8-13-30-39-38(45-40(30)37)23-41-24-42-39/h1-28H;1-24H. The molecule has 21 rings (SSSR count). The summed E-state index contributed by atoms with van der Waals surface area (Å²) in [6, 6.07) is 105. The van der Waals surface area contributed by atoms with Gasteiger partial charge < -0.3 is 22.7 Å². The minimum absolute atomic E-state index is 0.687. The topological polar surface area (TPSA) is 84.4 Å². The zero-order valence-electron chi connectivity index (χ0n) is 51.4. The van der Waals surface area contributed by atoms with Crippen LogP contribution in [-0.4, -0.2) is 38.2 Å². The van der Waals surface area contributed by atoms with Crippen molar-refractivity contribution in [3.05, 3.63) is 316 Å². The molecule has 0 bridgehead atoms. The Morgan fingerprint density at radius 2 is 0.667 bits per heavy atom. The van der Waals surface area contributed by atoms with Crippen molar-refractivity contribution < 1.29 is 4.42 Å². The quantitative estimate of drug-likeness (QED) is 0.159. The van der Waals surface area contributed by atoms with Crippen LogP contribution in [0.4, 0.5) is 0 Å². The Balaban J connectivity index is 0.000000132. The molecule has 0 fully saturated rings. The van der Waals surface area contributed by atoms with Crippen molar-refractivity contribution in [2.24, 2.45) is 0 Å². The van der Waals surface area contributed by atoms with E-state index in [0.717, 1.165) is 54.8 Å². The minimum atomic E-state index is 0.687. The number of benzene rings is 13. The molecule has 8 aromatic heterocycles. The van der Waals surface area contributed by atoms with E-state index < -0.39 is 0 Å². The van der Waals surface area contributed by atoms with Gasteiger partial charge in [-0.1, -0.05) is 170 Å². The van der Waals surface area contributed by atoms with Gasteiger partial charge in [0.05, 0.1) is 66.2 Å². The van der Waals surface area contributed by atoms with Crippen LogP contribution in [-0.2, 0) is 0 Å². The molecule has 96 heavy (non-hydrogen) atoms. The summed E-state index contributed by atoms with van der Waals surface area (Å²) in [5.41, 5.74) is 24.5. The Morgan fingerprint density at radius 1 is 0.281 bits per heavy atom. The van der Waals surface area contributed by atoms with Gasteiger partial charge in [-0.3, -0.25) is 0 Å². The van der Waals surface area contributed by atoms with Crippen molar-refractivity contribution in [1.82, 2.24) is 38.2 Å². The summed E-state index contributed by atoms with van der Waals surface area (Å²) >= 11 is 1.76. The van der Waals surface area contributed by atoms with E-state index in [1.54, 1.807) is 30.2 Å². The summed E-state index contributed by atoms with van der Waals surface area (Å²) < 4.78 is 18.1. The average Bonchev–Trinajstić information content (AvgIpc) is 1.59. The molecule has 0 aliphatic carbocycles. The van der Waals surface area contributed by atoms with E-state index in [0.29, 0.717) is 5.58 Å². The summed E-state index contributed by atoms with van der Waals surface area (Å²) in [4.78, 5) is 17.5. The second-order valence-electron chi connectivity index (χ2n) is 24.6. The van der Waals surface area contributed by atoms with E-state index in [1.807, 2.05) is 6.20 Å². The van der Waals surface area contributed by atoms with Crippen molar-refractivity contribution in [3.8, 4) is 56.1 Å². The molecular weight excluding hydrogens is 1190 g/mol. The molecule has 8 heterocycles. The molecule has 10 heteroatoms. The lowest BCUT2D eigenvalue weighted by molar-refractivity contribution is 0.663. The number of rotatable bonds is 7. The van der Waals surface area contributed by atoms with Crippen LogP contribution in [0.5, 0.6) is 0 Å². The van der Waals surface area contributed by atoms with Crippen LogP contribution in [0.2, 0.25) is 0 Å². The zero-order valence-corrected chi connectivity index (χ0v) is 52.2. The van der Waals surface area contributed by atoms with E-state index >= 15 is 0 Å². The highest BCUT2D eigenvalue weighted by molar-refractivity contribution is 7.26. The van der Waals surface area contributed by atoms with E-state index in [4.69, 9.17) is 4.42 Å². The van der Waals surface area contributed by atoms with Crippen LogP contribution in [0.1, 0.15) is 0 Å². The fourth-order valence-corrected chi connectivity index (χ4v) is 16.3. The summed E-state index contributed by atoms with van der Waals surface area (Å²) in [6.07, 6.45) is 6.85. The summed E-state index contributed by atoms with van der Waals surface area (Å²) in [5.74, 6) is 0. The van der Waals surface area contributed by atoms with Gasteiger partial charge in [0.2, 0.25) is 0 Å². The van der Waals surface area contributed by atoms with Crippen LogP contribution in [0.25, 0.3) is 186 Å². The zero-order chi connectivity index (χ0) is 63.0. The van der Waals surface area contributed by atoms with E-state index in [2.05, 4.69) is 329 Å². The number of hydrogen-bond acceptors (Lipinski definition) is 6. The smallest absolute Gasteiger partial charge is 0.172 e. The lowest BCUT2D eigenvalue weighted by atomic mass is 10.0. The van der Waals surface area contributed by atoms with Crippen molar-refractivity contribution >= 4 is 141 Å². The maximum Gasteiger partial charge on any atom is 0.172 e. The lowest BCUT2D eigenvalue weighted by Gasteiger charge is -2.10. The highest BCUT2D eigenvalue weighted by atomic mass is 32.1. The van der Waals surface area contributed by atoms with Gasteiger partial charge in [0.25, 0.3) is 0 Å². The van der Waals surface area contributed by atoms with Crippen LogP contribution in [0, 0.1) is 0 Å². The first-order valence-electron chi connectivity index (χ1n) is 32.2. The first kappa shape index (κ1) is 53.9. The Hall–Kier alpha value is -12.8. The molecule has 0 saturated heterocycles. The second kappa shape index (κ2) is 21.4. The molecule has 0 aliphatic rings. The predicted octanol–water partition coefficient (Wildman–Crippen LogP) is 22.6. The predicted molar refractivity (Wildman–Crippen MR) is 398 cm³/mol. The van der Waals surface area contributed by atoms with Gasteiger partial charge in [0.1, 0.15) is 18.2 Å². The van der Waals surface area contributed by atoms with Crippen LogP contribution < -0.4 is 0 Å². The summed E-state index contributed by atoms with van der Waals surface area (Å²) in [6.45, 7) is 0. The first-order valence-corrected chi connectivity index (χ1v) is 33.0. The normalized spacial score (nSPS) is 12.0. The molecule has 0 spiro atoms. The van der Waals surface area contributed by atoms with Gasteiger partial charge in [-0.15, -0.1) is 11.3 Å². The molecule has 13 aromatic carbocycles. The third-order valence-corrected chi connectivity index (χ3v) is 20.5. The first-order chi connectivity index (χ1) is 47.6. The maximum absolute atomic E-state index is 6.36. The molecule has 0 aliphatic heterocycles. The van der Waals surface area contributed by atoms with Crippen molar-refractivity contribution in [2.75, 3.05) is 0 Å². The van der Waals surface area contributed by atoms with Gasteiger partial charge in [-0.05, 0) is 155 Å². The second-order valence-corrected chi connectivity index (χ2v) is 25.6. The minimum Gasteiger partial charge on any atom is -0.451 e. The highest BCUT2D eigenvalue weighted by Gasteiger charge is 2.22. The van der Waals surface area contributed by atoms with E-state index in [9.17, 15) is 0 Å². The molecular formula is C86H52N8OS. The van der Waals surface area contributed by atoms with Crippen LogP contribution >= 0.6 is 11.3 Å². The van der Waals surface area contributed by atoms with Crippen molar-refractivity contribution in [2.45, 2.75) is 0 Å². The highest BCUT2D eigenvalue weighted by Crippen LogP contribution is 2.44. The molecule has 21 aromatic rings. The number of hydrogen-bond donors (Lipinski definition) is 0. The largest absolute Gasteiger partial charge is 0.451 e. The van der Waals surface area contributed by atoms with Crippen molar-refractivity contribution in [1.29, 1.82) is 0 Å². The fraction of sp³-hybridized carbons (Fsp3) is 0. The number of nitrogens with zero attached hydrogens (tertiary/aromatic N) is 8. The number of para-hydroxylation sites is 7. The Morgan fingerprint density at radius 3 is 1.18 bits per heavy atom. The van der Waals surface area contributed by atoms with Gasteiger partial charge in [-0.25, -0.2) is 19.9 Å².